The van der Waals surface area contributed by atoms with Gasteiger partial charge in [0.05, 0.1) is 11.3 Å². The molecule has 1 heterocycles. The summed E-state index contributed by atoms with van der Waals surface area (Å²) in [6.07, 6.45) is 1.51. The summed E-state index contributed by atoms with van der Waals surface area (Å²) in [6.45, 7) is 0. The molecule has 98 valence electrons. The van der Waals surface area contributed by atoms with Crippen LogP contribution in [-0.4, -0.2) is 9.97 Å². The lowest BCUT2D eigenvalue weighted by molar-refractivity contribution is 0.584. The Morgan fingerprint density at radius 2 is 2.11 bits per heavy atom. The Labute approximate surface area is 122 Å². The van der Waals surface area contributed by atoms with Crippen molar-refractivity contribution in [3.8, 4) is 0 Å². The van der Waals surface area contributed by atoms with Gasteiger partial charge in [-0.25, -0.2) is 13.8 Å². The Kier molecular flexibility index (Phi) is 4.06. The van der Waals surface area contributed by atoms with E-state index in [9.17, 15) is 8.78 Å². The molecule has 0 aliphatic heterocycles. The molecular weight excluding hydrogens is 336 g/mol. The lowest BCUT2D eigenvalue weighted by Crippen LogP contribution is -2.13. The zero-order chi connectivity index (χ0) is 14.0. The number of anilines is 2. The summed E-state index contributed by atoms with van der Waals surface area (Å²) in [4.78, 5) is 4.17. The van der Waals surface area contributed by atoms with E-state index in [0.29, 0.717) is 11.4 Å². The number of aromatic nitrogens is 1. The van der Waals surface area contributed by atoms with Crippen LogP contribution in [0.25, 0.3) is 0 Å². The number of hydrogen-bond donors (Lipinski definition) is 2. The number of rotatable bonds is 3. The maximum Gasteiger partial charge on any atom is 0.150 e. The van der Waals surface area contributed by atoms with Crippen LogP contribution in [0.4, 0.5) is 20.3 Å². The van der Waals surface area contributed by atoms with Gasteiger partial charge in [-0.3, -0.25) is 0 Å². The van der Waals surface area contributed by atoms with Crippen molar-refractivity contribution in [3.05, 3.63) is 52.1 Å². The standard InChI is InChI=1S/C12H8BrF2N3S/c13-8-4-6(14)5-9(15)10(8)18-12-7(11(16)19)2-1-3-17-12/h1-5H,(H2,16,19)(H,17,18). The molecule has 0 unspecified atom stereocenters. The number of nitrogens with two attached hydrogens (primary N) is 1. The van der Waals surface area contributed by atoms with Crippen LogP contribution in [0.2, 0.25) is 0 Å². The van der Waals surface area contributed by atoms with E-state index in [1.807, 2.05) is 0 Å². The number of hydrogen-bond acceptors (Lipinski definition) is 3. The Morgan fingerprint density at radius 1 is 1.37 bits per heavy atom. The van der Waals surface area contributed by atoms with Crippen LogP contribution in [0, 0.1) is 11.6 Å². The number of thiocarbonyl (C=S) groups is 1. The van der Waals surface area contributed by atoms with Crippen LogP contribution in [0.1, 0.15) is 5.56 Å². The molecule has 0 saturated carbocycles. The van der Waals surface area contributed by atoms with Crippen molar-refractivity contribution in [2.24, 2.45) is 5.73 Å². The van der Waals surface area contributed by atoms with Gasteiger partial charge >= 0.3 is 0 Å². The summed E-state index contributed by atoms with van der Waals surface area (Å²) in [5, 5.41) is 2.75. The predicted octanol–water partition coefficient (Wildman–Crippen LogP) is 3.50. The molecule has 1 aromatic heterocycles. The highest BCUT2D eigenvalue weighted by atomic mass is 79.9. The van der Waals surface area contributed by atoms with E-state index in [4.69, 9.17) is 18.0 Å². The van der Waals surface area contributed by atoms with E-state index in [-0.39, 0.29) is 15.1 Å². The lowest BCUT2D eigenvalue weighted by atomic mass is 10.2. The van der Waals surface area contributed by atoms with E-state index in [1.165, 1.54) is 6.20 Å². The maximum atomic E-state index is 13.7. The Morgan fingerprint density at radius 3 is 2.74 bits per heavy atom. The average molecular weight is 344 g/mol. The first-order valence-electron chi connectivity index (χ1n) is 5.15. The number of benzene rings is 1. The normalized spacial score (nSPS) is 10.3. The second-order valence-electron chi connectivity index (χ2n) is 3.63. The monoisotopic (exact) mass is 343 g/mol. The molecule has 0 spiro atoms. The SMILES string of the molecule is NC(=S)c1cccnc1Nc1c(F)cc(F)cc1Br. The van der Waals surface area contributed by atoms with Crippen molar-refractivity contribution in [3.63, 3.8) is 0 Å². The van der Waals surface area contributed by atoms with Gasteiger partial charge in [0.1, 0.15) is 16.6 Å². The second-order valence-corrected chi connectivity index (χ2v) is 4.93. The van der Waals surface area contributed by atoms with Crippen molar-refractivity contribution < 1.29 is 8.78 Å². The van der Waals surface area contributed by atoms with Gasteiger partial charge in [0.2, 0.25) is 0 Å². The smallest absolute Gasteiger partial charge is 0.150 e. The fraction of sp³-hybridized carbons (Fsp3) is 0. The third-order valence-corrected chi connectivity index (χ3v) is 3.17. The van der Waals surface area contributed by atoms with E-state index >= 15 is 0 Å². The molecular formula is C12H8BrF2N3S. The van der Waals surface area contributed by atoms with E-state index in [0.717, 1.165) is 12.1 Å². The minimum atomic E-state index is -0.744. The molecule has 0 bridgehead atoms. The van der Waals surface area contributed by atoms with Gasteiger partial charge in [-0.05, 0) is 34.1 Å². The van der Waals surface area contributed by atoms with Crippen molar-refractivity contribution in [1.82, 2.24) is 4.98 Å². The van der Waals surface area contributed by atoms with Crippen molar-refractivity contribution >= 4 is 44.6 Å². The molecule has 2 aromatic rings. The van der Waals surface area contributed by atoms with E-state index in [2.05, 4.69) is 26.2 Å². The third kappa shape index (κ3) is 3.05. The highest BCUT2D eigenvalue weighted by Gasteiger charge is 2.13. The molecule has 0 fully saturated rings. The molecule has 0 amide bonds. The predicted molar refractivity (Wildman–Crippen MR) is 77.5 cm³/mol. The number of halogens is 3. The Bertz CT molecular complexity index is 626. The average Bonchev–Trinajstić information content (AvgIpc) is 2.34. The number of pyridine rings is 1. The van der Waals surface area contributed by atoms with Gasteiger partial charge in [-0.2, -0.15) is 0 Å². The molecule has 19 heavy (non-hydrogen) atoms. The highest BCUT2D eigenvalue weighted by Crippen LogP contribution is 2.30. The van der Waals surface area contributed by atoms with Crippen molar-refractivity contribution in [2.45, 2.75) is 0 Å². The van der Waals surface area contributed by atoms with Crippen LogP contribution in [0.15, 0.2) is 34.9 Å². The Balaban J connectivity index is 2.45. The highest BCUT2D eigenvalue weighted by molar-refractivity contribution is 9.10. The van der Waals surface area contributed by atoms with Crippen LogP contribution >= 0.6 is 28.1 Å². The fourth-order valence-corrected chi connectivity index (χ4v) is 2.16. The fourth-order valence-electron chi connectivity index (χ4n) is 1.48. The van der Waals surface area contributed by atoms with Crippen LogP contribution in [0.3, 0.4) is 0 Å². The number of nitrogens with one attached hydrogen (secondary N) is 1. The summed E-state index contributed by atoms with van der Waals surface area (Å²) >= 11 is 7.97. The van der Waals surface area contributed by atoms with Gasteiger partial charge in [0.25, 0.3) is 0 Å². The van der Waals surface area contributed by atoms with Gasteiger partial charge in [0.15, 0.2) is 5.82 Å². The second kappa shape index (κ2) is 5.58. The van der Waals surface area contributed by atoms with Gasteiger partial charge < -0.3 is 11.1 Å². The van der Waals surface area contributed by atoms with Crippen molar-refractivity contribution in [1.29, 1.82) is 0 Å². The molecule has 3 nitrogen and oxygen atoms in total. The maximum absolute atomic E-state index is 13.7. The van der Waals surface area contributed by atoms with Crippen molar-refractivity contribution in [2.75, 3.05) is 5.32 Å². The third-order valence-electron chi connectivity index (χ3n) is 2.32. The van der Waals surface area contributed by atoms with Crippen LogP contribution in [0.5, 0.6) is 0 Å². The molecule has 0 atom stereocenters. The van der Waals surface area contributed by atoms with Gasteiger partial charge in [0, 0.05) is 16.7 Å². The zero-order valence-corrected chi connectivity index (χ0v) is 11.9. The van der Waals surface area contributed by atoms with Crippen LogP contribution in [-0.2, 0) is 0 Å². The molecule has 0 radical (unpaired) electrons. The van der Waals surface area contributed by atoms with E-state index < -0.39 is 11.6 Å². The first-order valence-corrected chi connectivity index (χ1v) is 6.35. The number of nitrogens with zero attached hydrogens (tertiary/aromatic N) is 1. The Hall–Kier alpha value is -1.60. The summed E-state index contributed by atoms with van der Waals surface area (Å²) in [6, 6.07) is 5.24. The summed E-state index contributed by atoms with van der Waals surface area (Å²) in [7, 11) is 0. The quantitative estimate of drug-likeness (QED) is 0.837. The molecule has 3 N–H and O–H groups in total. The summed E-state index contributed by atoms with van der Waals surface area (Å²) in [5.74, 6) is -1.11. The minimum Gasteiger partial charge on any atom is -0.389 e. The molecule has 7 heteroatoms. The largest absolute Gasteiger partial charge is 0.389 e. The molecule has 1 aromatic carbocycles. The molecule has 2 rings (SSSR count). The summed E-state index contributed by atoms with van der Waals surface area (Å²) in [5.41, 5.74) is 6.10. The molecule has 0 saturated heterocycles. The lowest BCUT2D eigenvalue weighted by Gasteiger charge is -2.12. The topological polar surface area (TPSA) is 50.9 Å². The zero-order valence-electron chi connectivity index (χ0n) is 9.45. The first kappa shape index (κ1) is 13.8. The van der Waals surface area contributed by atoms with Gasteiger partial charge in [-0.1, -0.05) is 12.2 Å². The van der Waals surface area contributed by atoms with Gasteiger partial charge in [-0.15, -0.1) is 0 Å². The summed E-state index contributed by atoms with van der Waals surface area (Å²) < 4.78 is 26.9. The molecule has 0 aliphatic carbocycles. The first-order chi connectivity index (χ1) is 8.99. The minimum absolute atomic E-state index is 0.0672. The van der Waals surface area contributed by atoms with E-state index in [1.54, 1.807) is 12.1 Å². The molecule has 0 aliphatic rings. The van der Waals surface area contributed by atoms with Crippen LogP contribution < -0.4 is 11.1 Å².